The molecule has 35 heavy (non-hydrogen) atoms. The summed E-state index contributed by atoms with van der Waals surface area (Å²) in [4.78, 5) is 12.1. The Labute approximate surface area is 200 Å². The fraction of sp³-hybridized carbons (Fsp3) is 0.542. The van der Waals surface area contributed by atoms with Crippen LogP contribution >= 0.6 is 0 Å². The van der Waals surface area contributed by atoms with Gasteiger partial charge in [0.2, 0.25) is 6.29 Å². The van der Waals surface area contributed by atoms with Crippen molar-refractivity contribution in [2.45, 2.75) is 54.8 Å². The third kappa shape index (κ3) is 4.39. The number of aliphatic hydroxyl groups excluding tert-OH is 5. The molecule has 1 aliphatic carbocycles. The van der Waals surface area contributed by atoms with E-state index in [0.29, 0.717) is 0 Å². The first kappa shape index (κ1) is 24.3. The predicted octanol–water partition coefficient (Wildman–Crippen LogP) is -1.33. The first-order chi connectivity index (χ1) is 16.9. The Morgan fingerprint density at radius 2 is 1.80 bits per heavy atom. The van der Waals surface area contributed by atoms with E-state index in [1.165, 1.54) is 12.3 Å². The predicted molar refractivity (Wildman–Crippen MR) is 116 cm³/mol. The lowest BCUT2D eigenvalue weighted by Crippen LogP contribution is -2.60. The molecule has 0 spiro atoms. The highest BCUT2D eigenvalue weighted by atomic mass is 16.8. The van der Waals surface area contributed by atoms with Gasteiger partial charge in [0, 0.05) is 12.0 Å². The zero-order chi connectivity index (χ0) is 24.7. The van der Waals surface area contributed by atoms with Gasteiger partial charge in [0.15, 0.2) is 6.29 Å². The van der Waals surface area contributed by atoms with Crippen molar-refractivity contribution in [1.29, 1.82) is 0 Å². The van der Waals surface area contributed by atoms with E-state index < -0.39 is 79.2 Å². The van der Waals surface area contributed by atoms with Crippen molar-refractivity contribution >= 4 is 12.0 Å². The van der Waals surface area contributed by atoms with E-state index >= 15 is 0 Å². The van der Waals surface area contributed by atoms with E-state index in [0.717, 1.165) is 5.56 Å². The van der Waals surface area contributed by atoms with Crippen LogP contribution in [0.5, 0.6) is 0 Å². The summed E-state index contributed by atoms with van der Waals surface area (Å²) in [5.41, 5.74) is -0.248. The van der Waals surface area contributed by atoms with Gasteiger partial charge in [-0.2, -0.15) is 0 Å². The topological polar surface area (TPSA) is 168 Å². The molecule has 3 fully saturated rings. The number of carbonyl (C=O) groups excluding carboxylic acids is 1. The second-order valence-electron chi connectivity index (χ2n) is 9.10. The number of ether oxygens (including phenoxy) is 5. The molecule has 0 bridgehead atoms. The zero-order valence-corrected chi connectivity index (χ0v) is 18.6. The number of hydrogen-bond donors (Lipinski definition) is 5. The number of epoxide rings is 1. The molecule has 4 aliphatic rings. The van der Waals surface area contributed by atoms with E-state index in [-0.39, 0.29) is 6.61 Å². The maximum Gasteiger partial charge on any atom is 0.330 e. The Morgan fingerprint density at radius 3 is 2.54 bits per heavy atom. The molecule has 0 unspecified atom stereocenters. The average Bonchev–Trinajstić information content (AvgIpc) is 3.57. The van der Waals surface area contributed by atoms with Gasteiger partial charge < -0.3 is 49.2 Å². The van der Waals surface area contributed by atoms with E-state index in [2.05, 4.69) is 0 Å². The van der Waals surface area contributed by atoms with Gasteiger partial charge in [0.1, 0.15) is 42.7 Å². The highest BCUT2D eigenvalue weighted by Gasteiger charge is 2.75. The number of esters is 1. The zero-order valence-electron chi connectivity index (χ0n) is 18.6. The minimum atomic E-state index is -1.65. The van der Waals surface area contributed by atoms with Crippen molar-refractivity contribution in [2.24, 2.45) is 11.8 Å². The van der Waals surface area contributed by atoms with Crippen LogP contribution in [-0.2, 0) is 28.5 Å². The Bertz CT molecular complexity index is 967. The summed E-state index contributed by atoms with van der Waals surface area (Å²) in [5, 5.41) is 51.5. The molecular formula is C24H28O11. The second kappa shape index (κ2) is 9.60. The molecule has 3 aliphatic heterocycles. The molecule has 0 aromatic heterocycles. The number of rotatable bonds is 7. The standard InChI is InChI=1S/C24H28O11/c25-11-24-16-13(17(27)21(24)35-24)8-9-31-22(16)34-23-20(30)19(29)18(28)14(33-23)10-32-15(26)7-6-12-4-2-1-3-5-12/h1-9,13-14,16-23,25,27-30H,10-11H2/b7-6+/t13-,14-,16-,17+,18-,19+,20-,21+,22+,23+,24-/m1/s1. The van der Waals surface area contributed by atoms with Gasteiger partial charge in [-0.05, 0) is 17.7 Å². The molecule has 190 valence electrons. The Kier molecular flexibility index (Phi) is 6.68. The highest BCUT2D eigenvalue weighted by molar-refractivity contribution is 5.87. The van der Waals surface area contributed by atoms with Crippen LogP contribution in [0.2, 0.25) is 0 Å². The monoisotopic (exact) mass is 492 g/mol. The molecule has 1 saturated carbocycles. The summed E-state index contributed by atoms with van der Waals surface area (Å²) >= 11 is 0. The lowest BCUT2D eigenvalue weighted by Gasteiger charge is -2.43. The molecule has 3 heterocycles. The summed E-state index contributed by atoms with van der Waals surface area (Å²) in [5.74, 6) is -1.70. The summed E-state index contributed by atoms with van der Waals surface area (Å²) < 4.78 is 27.7. The average molecular weight is 492 g/mol. The molecule has 0 radical (unpaired) electrons. The van der Waals surface area contributed by atoms with E-state index in [9.17, 15) is 30.3 Å². The summed E-state index contributed by atoms with van der Waals surface area (Å²) in [7, 11) is 0. The van der Waals surface area contributed by atoms with Crippen LogP contribution in [0.1, 0.15) is 5.56 Å². The van der Waals surface area contributed by atoms with Gasteiger partial charge in [-0.15, -0.1) is 0 Å². The van der Waals surface area contributed by atoms with Crippen LogP contribution in [0.3, 0.4) is 0 Å². The van der Waals surface area contributed by atoms with E-state index in [1.807, 2.05) is 30.3 Å². The van der Waals surface area contributed by atoms with Crippen molar-refractivity contribution in [2.75, 3.05) is 13.2 Å². The van der Waals surface area contributed by atoms with Crippen LogP contribution < -0.4 is 0 Å². The van der Waals surface area contributed by atoms with E-state index in [1.54, 1.807) is 12.2 Å². The maximum absolute atomic E-state index is 12.1. The Morgan fingerprint density at radius 1 is 1.03 bits per heavy atom. The first-order valence-electron chi connectivity index (χ1n) is 11.4. The fourth-order valence-electron chi connectivity index (χ4n) is 5.10. The van der Waals surface area contributed by atoms with Crippen LogP contribution in [0.4, 0.5) is 0 Å². The lowest BCUT2D eigenvalue weighted by atomic mass is 9.85. The number of fused-ring (bicyclic) bond motifs is 3. The number of benzene rings is 1. The molecule has 2 saturated heterocycles. The smallest absolute Gasteiger partial charge is 0.330 e. The number of aliphatic hydroxyl groups is 5. The van der Waals surface area contributed by atoms with Gasteiger partial charge >= 0.3 is 5.97 Å². The lowest BCUT2D eigenvalue weighted by molar-refractivity contribution is -0.344. The van der Waals surface area contributed by atoms with Crippen LogP contribution in [0.25, 0.3) is 6.08 Å². The molecule has 5 N–H and O–H groups in total. The summed E-state index contributed by atoms with van der Waals surface area (Å²) in [6.45, 7) is -0.776. The minimum absolute atomic E-state index is 0.364. The third-order valence-electron chi connectivity index (χ3n) is 7.05. The van der Waals surface area contributed by atoms with Gasteiger partial charge in [0.25, 0.3) is 0 Å². The molecule has 0 amide bonds. The second-order valence-corrected chi connectivity index (χ2v) is 9.10. The van der Waals surface area contributed by atoms with Gasteiger partial charge in [-0.25, -0.2) is 4.79 Å². The summed E-state index contributed by atoms with van der Waals surface area (Å²) in [6, 6.07) is 9.11. The molecule has 5 rings (SSSR count). The van der Waals surface area contributed by atoms with Crippen molar-refractivity contribution in [3.8, 4) is 0 Å². The van der Waals surface area contributed by atoms with Gasteiger partial charge in [-0.3, -0.25) is 0 Å². The molecule has 1 aromatic carbocycles. The van der Waals surface area contributed by atoms with Crippen molar-refractivity contribution in [3.05, 3.63) is 54.3 Å². The van der Waals surface area contributed by atoms with Gasteiger partial charge in [0.05, 0.1) is 24.9 Å². The Balaban J connectivity index is 1.22. The molecular weight excluding hydrogens is 464 g/mol. The van der Waals surface area contributed by atoms with Crippen LogP contribution in [-0.4, -0.2) is 99.5 Å². The normalized spacial score (nSPS) is 43.9. The molecule has 11 nitrogen and oxygen atoms in total. The minimum Gasteiger partial charge on any atom is -0.472 e. The highest BCUT2D eigenvalue weighted by Crippen LogP contribution is 2.59. The van der Waals surface area contributed by atoms with Crippen molar-refractivity contribution < 1.29 is 54.0 Å². The van der Waals surface area contributed by atoms with Crippen molar-refractivity contribution in [1.82, 2.24) is 0 Å². The van der Waals surface area contributed by atoms with Crippen LogP contribution in [0.15, 0.2) is 48.7 Å². The van der Waals surface area contributed by atoms with Gasteiger partial charge in [-0.1, -0.05) is 30.3 Å². The fourth-order valence-corrected chi connectivity index (χ4v) is 5.10. The van der Waals surface area contributed by atoms with Crippen molar-refractivity contribution in [3.63, 3.8) is 0 Å². The SMILES string of the molecule is O=C(/C=C/c1ccccc1)OC[C@H]1O[C@@H](O[C@@H]2OC=C[C@H]3[C@H](O)[C@@H]4O[C@]4(CO)[C@@H]23)[C@H](O)[C@@H](O)[C@@H]1O. The molecule has 1 aromatic rings. The third-order valence-corrected chi connectivity index (χ3v) is 7.05. The first-order valence-corrected chi connectivity index (χ1v) is 11.4. The largest absolute Gasteiger partial charge is 0.472 e. The molecule has 11 atom stereocenters. The molecule has 11 heteroatoms. The number of hydrogen-bond acceptors (Lipinski definition) is 11. The Hall–Kier alpha value is -2.35. The summed E-state index contributed by atoms with van der Waals surface area (Å²) in [6.07, 6.45) is -4.23. The van der Waals surface area contributed by atoms with Crippen LogP contribution in [0, 0.1) is 11.8 Å². The van der Waals surface area contributed by atoms with E-state index in [4.69, 9.17) is 23.7 Å². The quantitative estimate of drug-likeness (QED) is 0.174. The maximum atomic E-state index is 12.1. The number of carbonyl (C=O) groups is 1.